The molecular weight excluding hydrogens is 356 g/mol. The number of aromatic amines is 1. The number of hydrogen-bond donors (Lipinski definition) is 2. The Labute approximate surface area is 161 Å². The van der Waals surface area contributed by atoms with Crippen molar-refractivity contribution in [2.75, 3.05) is 4.90 Å². The summed E-state index contributed by atoms with van der Waals surface area (Å²) in [4.78, 5) is 16.4. The van der Waals surface area contributed by atoms with Gasteiger partial charge in [-0.05, 0) is 56.0 Å². The Bertz CT molecular complexity index is 1090. The predicted molar refractivity (Wildman–Crippen MR) is 104 cm³/mol. The standard InChI is InChI=1S/C21H20N4O3/c26-21-23-20(24-28-21)12-5-8-17-19(9-12)27-18-4-2-1-3-16(18)25(17)15-10-13-6-7-14(11-15)22-13/h1-5,8-9,13-15,22H,6-7,10-11H2,(H,23,24,26)/t13-,14+,15?. The van der Waals surface area contributed by atoms with Crippen LogP contribution in [-0.4, -0.2) is 28.3 Å². The minimum absolute atomic E-state index is 0.404. The van der Waals surface area contributed by atoms with E-state index in [2.05, 4.69) is 43.1 Å². The number of aromatic nitrogens is 2. The van der Waals surface area contributed by atoms with Crippen LogP contribution < -0.4 is 20.7 Å². The van der Waals surface area contributed by atoms with Crippen molar-refractivity contribution in [1.29, 1.82) is 0 Å². The smallest absolute Gasteiger partial charge is 0.439 e. The summed E-state index contributed by atoms with van der Waals surface area (Å²) < 4.78 is 10.9. The largest absolute Gasteiger partial charge is 0.453 e. The minimum atomic E-state index is -0.564. The van der Waals surface area contributed by atoms with E-state index in [0.717, 1.165) is 41.3 Å². The zero-order chi connectivity index (χ0) is 18.7. The fourth-order valence-electron chi connectivity index (χ4n) is 4.92. The number of piperidine rings is 1. The van der Waals surface area contributed by atoms with Crippen molar-refractivity contribution in [3.8, 4) is 22.9 Å². The number of para-hydroxylation sites is 2. The van der Waals surface area contributed by atoms with Crippen LogP contribution in [-0.2, 0) is 0 Å². The first-order valence-electron chi connectivity index (χ1n) is 9.77. The van der Waals surface area contributed by atoms with Crippen molar-refractivity contribution in [1.82, 2.24) is 15.5 Å². The average molecular weight is 376 g/mol. The van der Waals surface area contributed by atoms with Gasteiger partial charge >= 0.3 is 5.76 Å². The first-order valence-corrected chi connectivity index (χ1v) is 9.77. The van der Waals surface area contributed by atoms with Gasteiger partial charge in [-0.2, -0.15) is 0 Å². The van der Waals surface area contributed by atoms with E-state index in [0.29, 0.717) is 23.9 Å². The summed E-state index contributed by atoms with van der Waals surface area (Å²) in [5.41, 5.74) is 2.93. The molecule has 2 bridgehead atoms. The number of rotatable bonds is 2. The van der Waals surface area contributed by atoms with Crippen LogP contribution in [0.5, 0.6) is 11.5 Å². The van der Waals surface area contributed by atoms with Gasteiger partial charge in [0.1, 0.15) is 0 Å². The van der Waals surface area contributed by atoms with E-state index in [1.807, 2.05) is 24.3 Å². The van der Waals surface area contributed by atoms with Crippen LogP contribution in [0.15, 0.2) is 51.8 Å². The molecule has 2 fully saturated rings. The van der Waals surface area contributed by atoms with Crippen LogP contribution in [0.3, 0.4) is 0 Å². The summed E-state index contributed by atoms with van der Waals surface area (Å²) >= 11 is 0. The van der Waals surface area contributed by atoms with Crippen LogP contribution >= 0.6 is 0 Å². The molecule has 3 aromatic rings. The van der Waals surface area contributed by atoms with Crippen molar-refractivity contribution in [2.45, 2.75) is 43.8 Å². The predicted octanol–water partition coefficient (Wildman–Crippen LogP) is 3.56. The fraction of sp³-hybridized carbons (Fsp3) is 0.333. The number of ether oxygens (including phenoxy) is 1. The van der Waals surface area contributed by atoms with E-state index < -0.39 is 5.76 Å². The Kier molecular flexibility index (Phi) is 3.40. The highest BCUT2D eigenvalue weighted by Gasteiger charge is 2.39. The van der Waals surface area contributed by atoms with E-state index in [1.165, 1.54) is 12.8 Å². The second kappa shape index (κ2) is 5.97. The third-order valence-corrected chi connectivity index (χ3v) is 6.09. The molecule has 3 atom stereocenters. The number of nitrogens with zero attached hydrogens (tertiary/aromatic N) is 2. The molecule has 2 saturated heterocycles. The van der Waals surface area contributed by atoms with Gasteiger partial charge in [0.2, 0.25) is 0 Å². The first kappa shape index (κ1) is 15.9. The number of benzene rings is 2. The van der Waals surface area contributed by atoms with E-state index in [4.69, 9.17) is 4.74 Å². The van der Waals surface area contributed by atoms with Crippen molar-refractivity contribution in [2.24, 2.45) is 0 Å². The van der Waals surface area contributed by atoms with Gasteiger partial charge in [-0.15, -0.1) is 0 Å². The summed E-state index contributed by atoms with van der Waals surface area (Å²) in [6.07, 6.45) is 4.78. The molecule has 2 aromatic carbocycles. The molecule has 142 valence electrons. The lowest BCUT2D eigenvalue weighted by atomic mass is 9.95. The van der Waals surface area contributed by atoms with Gasteiger partial charge < -0.3 is 15.0 Å². The van der Waals surface area contributed by atoms with E-state index in [1.54, 1.807) is 0 Å². The maximum Gasteiger partial charge on any atom is 0.439 e. The van der Waals surface area contributed by atoms with Crippen LogP contribution in [0.25, 0.3) is 11.4 Å². The first-order chi connectivity index (χ1) is 13.7. The number of fused-ring (bicyclic) bond motifs is 4. The zero-order valence-corrected chi connectivity index (χ0v) is 15.2. The Morgan fingerprint density at radius 1 is 1.00 bits per heavy atom. The zero-order valence-electron chi connectivity index (χ0n) is 15.2. The third kappa shape index (κ3) is 2.46. The maximum atomic E-state index is 11.3. The molecule has 2 N–H and O–H groups in total. The van der Waals surface area contributed by atoms with Crippen molar-refractivity contribution in [3.05, 3.63) is 53.0 Å². The van der Waals surface area contributed by atoms with Crippen molar-refractivity contribution >= 4 is 11.4 Å². The molecule has 28 heavy (non-hydrogen) atoms. The molecule has 7 heteroatoms. The molecule has 6 rings (SSSR count). The molecular formula is C21H20N4O3. The molecule has 1 aromatic heterocycles. The molecule has 0 saturated carbocycles. The molecule has 0 amide bonds. The summed E-state index contributed by atoms with van der Waals surface area (Å²) in [5.74, 6) is 1.46. The Balaban J connectivity index is 1.45. The third-order valence-electron chi connectivity index (χ3n) is 6.09. The number of nitrogens with one attached hydrogen (secondary N) is 2. The van der Waals surface area contributed by atoms with Crippen LogP contribution in [0.4, 0.5) is 11.4 Å². The number of H-pyrrole nitrogens is 1. The highest BCUT2D eigenvalue weighted by molar-refractivity contribution is 5.80. The fourth-order valence-corrected chi connectivity index (χ4v) is 4.92. The summed E-state index contributed by atoms with van der Waals surface area (Å²) in [7, 11) is 0. The molecule has 0 aliphatic carbocycles. The molecule has 3 aliphatic rings. The SMILES string of the molecule is O=c1[nH]c(-c2ccc3c(c2)Oc2ccccc2N3C2C[C@H]3CC[C@@H](C2)N3)no1. The lowest BCUT2D eigenvalue weighted by molar-refractivity contribution is 0.353. The Morgan fingerprint density at radius 3 is 2.57 bits per heavy atom. The van der Waals surface area contributed by atoms with Gasteiger partial charge in [-0.1, -0.05) is 17.3 Å². The highest BCUT2D eigenvalue weighted by Crippen LogP contribution is 2.50. The maximum absolute atomic E-state index is 11.3. The summed E-state index contributed by atoms with van der Waals surface area (Å²) in [6.45, 7) is 0. The number of anilines is 2. The minimum Gasteiger partial charge on any atom is -0.453 e. The van der Waals surface area contributed by atoms with Gasteiger partial charge in [0.25, 0.3) is 0 Å². The normalized spacial score (nSPS) is 25.1. The second-order valence-corrected chi connectivity index (χ2v) is 7.83. The quantitative estimate of drug-likeness (QED) is 0.712. The van der Waals surface area contributed by atoms with Crippen molar-refractivity contribution in [3.63, 3.8) is 0 Å². The molecule has 3 aliphatic heterocycles. The van der Waals surface area contributed by atoms with Crippen molar-refractivity contribution < 1.29 is 9.26 Å². The molecule has 0 spiro atoms. The second-order valence-electron chi connectivity index (χ2n) is 7.83. The number of hydrogen-bond acceptors (Lipinski definition) is 6. The van der Waals surface area contributed by atoms with E-state index in [-0.39, 0.29) is 0 Å². The van der Waals surface area contributed by atoms with Gasteiger partial charge in [0, 0.05) is 23.7 Å². The van der Waals surface area contributed by atoms with E-state index in [9.17, 15) is 4.79 Å². The molecule has 0 radical (unpaired) electrons. The Hall–Kier alpha value is -3.06. The topological polar surface area (TPSA) is 83.4 Å². The summed E-state index contributed by atoms with van der Waals surface area (Å²) in [5, 5.41) is 7.53. The monoisotopic (exact) mass is 376 g/mol. The molecule has 4 heterocycles. The molecule has 1 unspecified atom stereocenters. The Morgan fingerprint density at radius 2 is 1.79 bits per heavy atom. The highest BCUT2D eigenvalue weighted by atomic mass is 16.5. The molecule has 7 nitrogen and oxygen atoms in total. The lowest BCUT2D eigenvalue weighted by Crippen LogP contribution is -2.47. The van der Waals surface area contributed by atoms with Gasteiger partial charge in [-0.3, -0.25) is 9.51 Å². The van der Waals surface area contributed by atoms with Gasteiger partial charge in [0.05, 0.1) is 11.4 Å². The van der Waals surface area contributed by atoms with Crippen LogP contribution in [0.2, 0.25) is 0 Å². The van der Waals surface area contributed by atoms with E-state index >= 15 is 0 Å². The summed E-state index contributed by atoms with van der Waals surface area (Å²) in [6, 6.07) is 15.7. The van der Waals surface area contributed by atoms with Gasteiger partial charge in [0.15, 0.2) is 17.3 Å². The lowest BCUT2D eigenvalue weighted by Gasteiger charge is -2.42. The van der Waals surface area contributed by atoms with Gasteiger partial charge in [-0.25, -0.2) is 4.79 Å². The van der Waals surface area contributed by atoms with Crippen LogP contribution in [0, 0.1) is 0 Å². The average Bonchev–Trinajstić information content (AvgIpc) is 3.30. The van der Waals surface area contributed by atoms with Crippen LogP contribution in [0.1, 0.15) is 25.7 Å².